The van der Waals surface area contributed by atoms with Crippen LogP contribution in [0.4, 0.5) is 5.69 Å². The molecule has 272 valence electrons. The van der Waals surface area contributed by atoms with Crippen molar-refractivity contribution in [2.24, 2.45) is 0 Å². The molecule has 1 amide bonds. The van der Waals surface area contributed by atoms with Crippen LogP contribution < -0.4 is 24.3 Å². The van der Waals surface area contributed by atoms with Crippen LogP contribution in [-0.2, 0) is 11.0 Å². The van der Waals surface area contributed by atoms with Crippen LogP contribution in [0.1, 0.15) is 77.4 Å². The number of fused-ring (bicyclic) bond motifs is 8. The molecule has 1 aliphatic heterocycles. The highest BCUT2D eigenvalue weighted by Gasteiger charge is 2.44. The number of amides is 1. The summed E-state index contributed by atoms with van der Waals surface area (Å²) >= 11 is 0. The van der Waals surface area contributed by atoms with Gasteiger partial charge in [-0.15, -0.1) is 0 Å². The molecule has 0 radical (unpaired) electrons. The second-order valence-electron chi connectivity index (χ2n) is 14.7. The van der Waals surface area contributed by atoms with Gasteiger partial charge in [0.1, 0.15) is 23.0 Å². The van der Waals surface area contributed by atoms with Crippen molar-refractivity contribution in [1.29, 1.82) is 0 Å². The highest BCUT2D eigenvalue weighted by Crippen LogP contribution is 2.58. The van der Waals surface area contributed by atoms with Crippen molar-refractivity contribution in [1.82, 2.24) is 0 Å². The van der Waals surface area contributed by atoms with Crippen LogP contribution in [-0.4, -0.2) is 26.7 Å². The molecule has 54 heavy (non-hydrogen) atoms. The lowest BCUT2D eigenvalue weighted by atomic mass is 9.76. The maximum atomic E-state index is 13.6. The van der Waals surface area contributed by atoms with Gasteiger partial charge in [-0.2, -0.15) is 0 Å². The number of nitrogens with one attached hydrogen (secondary N) is 1. The molecule has 8 rings (SSSR count). The number of unbranched alkanes of at least 4 members (excludes halogenated alkanes) is 1. The molecule has 0 saturated carbocycles. The van der Waals surface area contributed by atoms with Crippen molar-refractivity contribution in [3.8, 4) is 34.1 Å². The second-order valence-corrected chi connectivity index (χ2v) is 14.7. The van der Waals surface area contributed by atoms with E-state index in [1.165, 1.54) is 22.3 Å². The molecule has 1 heterocycles. The Kier molecular flexibility index (Phi) is 8.93. The van der Waals surface area contributed by atoms with E-state index in [9.17, 15) is 4.79 Å². The summed E-state index contributed by atoms with van der Waals surface area (Å²) in [5.74, 6) is 2.68. The summed E-state index contributed by atoms with van der Waals surface area (Å²) in [5, 5.41) is 5.13. The standard InChI is InChI=1S/C48H45NO5/c1-7-8-27-53-35-21-16-32(17-22-35)48(31-14-19-34(51-5)20-15-31)26-25-39-44-43(37-23-13-30(2)28-41(37)47(44,3)4)40-29-33(18-24-36(40)45(39)54-48)49-46(50)38-11-9-10-12-42(38)52-6/h9-26,28-29H,7-8,27H2,1-6H3,(H,49,50). The van der Waals surface area contributed by atoms with E-state index in [-0.39, 0.29) is 11.3 Å². The number of benzene rings is 6. The van der Waals surface area contributed by atoms with Crippen LogP contribution in [0.5, 0.6) is 23.0 Å². The van der Waals surface area contributed by atoms with Crippen LogP contribution in [0.2, 0.25) is 0 Å². The molecule has 1 atom stereocenters. The third-order valence-corrected chi connectivity index (χ3v) is 11.0. The average molecular weight is 716 g/mol. The first-order valence-electron chi connectivity index (χ1n) is 18.6. The molecule has 1 unspecified atom stereocenters. The van der Waals surface area contributed by atoms with E-state index in [0.29, 0.717) is 23.6 Å². The number of carbonyl (C=O) groups excluding carboxylic acids is 1. The molecule has 6 nitrogen and oxygen atoms in total. The minimum absolute atomic E-state index is 0.238. The zero-order valence-corrected chi connectivity index (χ0v) is 31.7. The number of carbonyl (C=O) groups is 1. The maximum absolute atomic E-state index is 13.6. The molecule has 0 bridgehead atoms. The van der Waals surface area contributed by atoms with Crippen molar-refractivity contribution in [2.75, 3.05) is 26.1 Å². The Morgan fingerprint density at radius 2 is 1.52 bits per heavy atom. The van der Waals surface area contributed by atoms with Crippen LogP contribution in [0.3, 0.4) is 0 Å². The molecule has 6 aromatic rings. The molecule has 0 saturated heterocycles. The van der Waals surface area contributed by atoms with Gasteiger partial charge >= 0.3 is 0 Å². The van der Waals surface area contributed by atoms with Gasteiger partial charge in [-0.05, 0) is 102 Å². The highest BCUT2D eigenvalue weighted by atomic mass is 16.5. The fraction of sp³-hybridized carbons (Fsp3) is 0.229. The molecule has 6 heteroatoms. The van der Waals surface area contributed by atoms with E-state index in [4.69, 9.17) is 18.9 Å². The van der Waals surface area contributed by atoms with E-state index in [0.717, 1.165) is 63.1 Å². The zero-order chi connectivity index (χ0) is 37.6. The van der Waals surface area contributed by atoms with Gasteiger partial charge in [-0.3, -0.25) is 4.79 Å². The number of aryl methyl sites for hydroxylation is 1. The number of rotatable bonds is 10. The zero-order valence-electron chi connectivity index (χ0n) is 31.7. The van der Waals surface area contributed by atoms with Gasteiger partial charge in [-0.25, -0.2) is 0 Å². The summed E-state index contributed by atoms with van der Waals surface area (Å²) in [6.07, 6.45) is 6.53. The molecule has 0 fully saturated rings. The summed E-state index contributed by atoms with van der Waals surface area (Å²) in [6, 6.07) is 36.5. The maximum Gasteiger partial charge on any atom is 0.259 e. The van der Waals surface area contributed by atoms with Gasteiger partial charge < -0.3 is 24.3 Å². The first-order chi connectivity index (χ1) is 26.2. The lowest BCUT2D eigenvalue weighted by Crippen LogP contribution is -2.35. The van der Waals surface area contributed by atoms with E-state index < -0.39 is 5.60 Å². The number of methoxy groups -OCH3 is 2. The summed E-state index contributed by atoms with van der Waals surface area (Å²) in [5.41, 5.74) is 8.94. The Hall–Kier alpha value is -6.01. The van der Waals surface area contributed by atoms with E-state index in [2.05, 4.69) is 99.8 Å². The van der Waals surface area contributed by atoms with Gasteiger partial charge in [0.15, 0.2) is 5.60 Å². The van der Waals surface area contributed by atoms with Crippen molar-refractivity contribution >= 4 is 28.4 Å². The monoisotopic (exact) mass is 715 g/mol. The fourth-order valence-electron chi connectivity index (χ4n) is 8.16. The molecule has 6 aromatic carbocycles. The normalized spacial score (nSPS) is 16.2. The third-order valence-electron chi connectivity index (χ3n) is 11.0. The first-order valence-corrected chi connectivity index (χ1v) is 18.6. The molecular weight excluding hydrogens is 671 g/mol. The quantitative estimate of drug-likeness (QED) is 0.143. The number of hydrogen-bond donors (Lipinski definition) is 1. The van der Waals surface area contributed by atoms with Gasteiger partial charge in [0.25, 0.3) is 5.91 Å². The third kappa shape index (κ3) is 5.77. The SMILES string of the molecule is CCCCOc1ccc(C2(c3ccc(OC)cc3)C=Cc3c4c(c5cc(NC(=O)c6ccccc6OC)ccc5c3O2)-c2ccc(C)cc2C4(C)C)cc1. The summed E-state index contributed by atoms with van der Waals surface area (Å²) in [6.45, 7) is 9.58. The minimum atomic E-state index is -0.953. The largest absolute Gasteiger partial charge is 0.497 e. The van der Waals surface area contributed by atoms with Crippen LogP contribution in [0.25, 0.3) is 28.0 Å². The van der Waals surface area contributed by atoms with Crippen LogP contribution >= 0.6 is 0 Å². The molecular formula is C48H45NO5. The van der Waals surface area contributed by atoms with E-state index in [1.54, 1.807) is 26.4 Å². The van der Waals surface area contributed by atoms with Gasteiger partial charge in [-0.1, -0.05) is 93.4 Å². The lowest BCUT2D eigenvalue weighted by molar-refractivity contribution is 0.102. The number of hydrogen-bond acceptors (Lipinski definition) is 5. The van der Waals surface area contributed by atoms with Crippen molar-refractivity contribution in [3.05, 3.63) is 154 Å². The van der Waals surface area contributed by atoms with Crippen LogP contribution in [0.15, 0.2) is 115 Å². The fourth-order valence-corrected chi connectivity index (χ4v) is 8.16. The van der Waals surface area contributed by atoms with E-state index >= 15 is 0 Å². The molecule has 2 aliphatic rings. The average Bonchev–Trinajstić information content (AvgIpc) is 3.43. The van der Waals surface area contributed by atoms with Gasteiger partial charge in [0, 0.05) is 33.2 Å². The topological polar surface area (TPSA) is 66.0 Å². The molecule has 0 spiro atoms. The number of anilines is 1. The molecule has 1 N–H and O–H groups in total. The van der Waals surface area contributed by atoms with Crippen molar-refractivity contribution in [2.45, 2.75) is 51.6 Å². The van der Waals surface area contributed by atoms with Crippen molar-refractivity contribution < 1.29 is 23.7 Å². The Balaban J connectivity index is 1.33. The molecule has 0 aromatic heterocycles. The summed E-state index contributed by atoms with van der Waals surface area (Å²) in [4.78, 5) is 13.6. The Morgan fingerprint density at radius 3 is 2.22 bits per heavy atom. The predicted molar refractivity (Wildman–Crippen MR) is 217 cm³/mol. The molecule has 1 aliphatic carbocycles. The number of para-hydroxylation sites is 1. The van der Waals surface area contributed by atoms with E-state index in [1.807, 2.05) is 42.5 Å². The predicted octanol–water partition coefficient (Wildman–Crippen LogP) is 11.3. The van der Waals surface area contributed by atoms with Crippen molar-refractivity contribution in [3.63, 3.8) is 0 Å². The minimum Gasteiger partial charge on any atom is -0.497 e. The smallest absolute Gasteiger partial charge is 0.259 e. The first kappa shape index (κ1) is 35.0. The second kappa shape index (κ2) is 13.8. The Bertz CT molecular complexity index is 2430. The van der Waals surface area contributed by atoms with Gasteiger partial charge in [0.2, 0.25) is 0 Å². The Morgan fingerprint density at radius 1 is 0.796 bits per heavy atom. The highest BCUT2D eigenvalue weighted by molar-refractivity contribution is 6.12. The Labute approximate surface area is 317 Å². The van der Waals surface area contributed by atoms with Gasteiger partial charge in [0.05, 0.1) is 26.4 Å². The summed E-state index contributed by atoms with van der Waals surface area (Å²) in [7, 11) is 3.25. The number of ether oxygens (including phenoxy) is 4. The lowest BCUT2D eigenvalue weighted by Gasteiger charge is -2.38. The van der Waals surface area contributed by atoms with Crippen LogP contribution in [0, 0.1) is 6.92 Å². The summed E-state index contributed by atoms with van der Waals surface area (Å²) < 4.78 is 24.6.